The molecule has 1 spiro atoms. The normalized spacial score (nSPS) is 17.6. The van der Waals surface area contributed by atoms with Crippen LogP contribution in [0.15, 0.2) is 48.7 Å². The summed E-state index contributed by atoms with van der Waals surface area (Å²) in [6, 6.07) is 13.4. The first-order valence-electron chi connectivity index (χ1n) is 14.7. The maximum Gasteiger partial charge on any atom is 0.304 e. The molecule has 11 nitrogen and oxygen atoms in total. The Labute approximate surface area is 254 Å². The summed E-state index contributed by atoms with van der Waals surface area (Å²) < 4.78 is 25.6. The van der Waals surface area contributed by atoms with Crippen molar-refractivity contribution in [1.29, 1.82) is 5.26 Å². The first-order chi connectivity index (χ1) is 21.3. The van der Waals surface area contributed by atoms with E-state index in [1.807, 2.05) is 17.9 Å². The highest BCUT2D eigenvalue weighted by molar-refractivity contribution is 5.96. The number of likely N-dealkylation sites (tertiary alicyclic amines) is 1. The van der Waals surface area contributed by atoms with Crippen LogP contribution in [0.2, 0.25) is 0 Å². The van der Waals surface area contributed by atoms with Crippen molar-refractivity contribution in [2.75, 3.05) is 44.2 Å². The van der Waals surface area contributed by atoms with Gasteiger partial charge in [0.25, 0.3) is 5.91 Å². The number of anilines is 1. The van der Waals surface area contributed by atoms with Crippen molar-refractivity contribution < 1.29 is 28.6 Å². The Morgan fingerprint density at radius 2 is 2.00 bits per heavy atom. The molecule has 2 aromatic heterocycles. The van der Waals surface area contributed by atoms with Crippen LogP contribution in [0.25, 0.3) is 11.3 Å². The van der Waals surface area contributed by atoms with E-state index in [2.05, 4.69) is 21.3 Å². The third kappa shape index (κ3) is 6.01. The molecule has 3 aromatic rings. The summed E-state index contributed by atoms with van der Waals surface area (Å²) in [7, 11) is 0. The van der Waals surface area contributed by atoms with E-state index in [0.717, 1.165) is 31.6 Å². The zero-order valence-electron chi connectivity index (χ0n) is 24.3. The number of carbonyl (C=O) groups excluding carboxylic acids is 1. The number of hydrogen-bond donors (Lipinski definition) is 2. The van der Waals surface area contributed by atoms with Crippen molar-refractivity contribution in [3.63, 3.8) is 0 Å². The molecule has 12 heteroatoms. The summed E-state index contributed by atoms with van der Waals surface area (Å²) in [5.41, 5.74) is 2.47. The third-order valence-corrected chi connectivity index (χ3v) is 8.42. The van der Waals surface area contributed by atoms with Crippen molar-refractivity contribution in [3.05, 3.63) is 65.7 Å². The number of nitriles is 1. The fourth-order valence-electron chi connectivity index (χ4n) is 6.28. The van der Waals surface area contributed by atoms with Gasteiger partial charge < -0.3 is 24.8 Å². The number of carboxylic acid groups (broad SMARTS) is 1. The van der Waals surface area contributed by atoms with E-state index in [-0.39, 0.29) is 35.6 Å². The monoisotopic (exact) mass is 600 g/mol. The Hall–Kier alpha value is -4.76. The number of amides is 1. The summed E-state index contributed by atoms with van der Waals surface area (Å²) >= 11 is 0. The van der Waals surface area contributed by atoms with Crippen molar-refractivity contribution >= 4 is 17.6 Å². The molecule has 1 saturated carbocycles. The largest absolute Gasteiger partial charge is 0.488 e. The molecule has 6 rings (SSSR count). The highest BCUT2D eigenvalue weighted by Crippen LogP contribution is 2.51. The van der Waals surface area contributed by atoms with E-state index in [9.17, 15) is 19.2 Å². The van der Waals surface area contributed by atoms with E-state index in [1.54, 1.807) is 30.5 Å². The van der Waals surface area contributed by atoms with Crippen LogP contribution in [0.3, 0.4) is 0 Å². The van der Waals surface area contributed by atoms with Crippen LogP contribution in [0.4, 0.5) is 10.1 Å². The Morgan fingerprint density at radius 1 is 1.20 bits per heavy atom. The lowest BCUT2D eigenvalue weighted by Crippen LogP contribution is -2.65. The Bertz CT molecular complexity index is 1610. The first-order valence-corrected chi connectivity index (χ1v) is 14.7. The maximum atomic E-state index is 13.6. The number of rotatable bonds is 11. The highest BCUT2D eigenvalue weighted by atomic mass is 19.1. The summed E-state index contributed by atoms with van der Waals surface area (Å²) in [6.45, 7) is 5.36. The Kier molecular flexibility index (Phi) is 8.05. The molecule has 2 aliphatic heterocycles. The fourth-order valence-corrected chi connectivity index (χ4v) is 6.28. The van der Waals surface area contributed by atoms with Gasteiger partial charge in [0, 0.05) is 44.3 Å². The summed E-state index contributed by atoms with van der Waals surface area (Å²) in [5.74, 6) is -0.835. The topological polar surface area (TPSA) is 141 Å². The average Bonchev–Trinajstić information content (AvgIpc) is 2.95. The molecule has 44 heavy (non-hydrogen) atoms. The standard InChI is InChI=1S/C32H33FN6O5/c1-2-43-31-24(4-3-10-35-31)25-6-8-27(29(37-25)30(42)36-22-16-38(17-22)11-9-28(40)41)44-23-13-32(14-23)18-39(19-32)26-7-5-21(33)12-20(26)15-34/h3-8,10,12,22-23H,2,9,11,13-14,16-19H2,1H3,(H,36,42)(H,40,41). The average molecular weight is 601 g/mol. The first kappa shape index (κ1) is 29.3. The third-order valence-electron chi connectivity index (χ3n) is 8.42. The second kappa shape index (κ2) is 12.1. The van der Waals surface area contributed by atoms with Crippen LogP contribution in [0.5, 0.6) is 11.6 Å². The highest BCUT2D eigenvalue weighted by Gasteiger charge is 2.54. The number of ether oxygens (including phenoxy) is 2. The number of aliphatic carboxylic acids is 1. The van der Waals surface area contributed by atoms with Crippen LogP contribution in [0, 0.1) is 22.6 Å². The predicted molar refractivity (Wildman–Crippen MR) is 158 cm³/mol. The molecule has 1 aromatic carbocycles. The second-order valence-electron chi connectivity index (χ2n) is 11.7. The number of benzene rings is 1. The predicted octanol–water partition coefficient (Wildman–Crippen LogP) is 3.49. The molecule has 1 aliphatic carbocycles. The van der Waals surface area contributed by atoms with Gasteiger partial charge in [0.15, 0.2) is 11.4 Å². The zero-order valence-corrected chi connectivity index (χ0v) is 24.3. The summed E-state index contributed by atoms with van der Waals surface area (Å²) in [4.78, 5) is 37.5. The van der Waals surface area contributed by atoms with Gasteiger partial charge in [-0.15, -0.1) is 0 Å². The molecule has 228 valence electrons. The van der Waals surface area contributed by atoms with E-state index in [0.29, 0.717) is 54.7 Å². The van der Waals surface area contributed by atoms with E-state index >= 15 is 0 Å². The summed E-state index contributed by atoms with van der Waals surface area (Å²) in [6.07, 6.45) is 3.16. The lowest BCUT2D eigenvalue weighted by atomic mass is 9.61. The number of pyridine rings is 2. The quantitative estimate of drug-likeness (QED) is 0.336. The van der Waals surface area contributed by atoms with Gasteiger partial charge in [-0.3, -0.25) is 14.5 Å². The molecule has 2 N–H and O–H groups in total. The molecule has 0 unspecified atom stereocenters. The van der Waals surface area contributed by atoms with Crippen LogP contribution >= 0.6 is 0 Å². The molecule has 2 saturated heterocycles. The lowest BCUT2D eigenvalue weighted by molar-refractivity contribution is -0.137. The van der Waals surface area contributed by atoms with Crippen molar-refractivity contribution in [3.8, 4) is 29.0 Å². The minimum Gasteiger partial charge on any atom is -0.488 e. The number of carbonyl (C=O) groups is 2. The van der Waals surface area contributed by atoms with Crippen LogP contribution in [-0.2, 0) is 4.79 Å². The molecule has 4 heterocycles. The zero-order chi connectivity index (χ0) is 30.8. The second-order valence-corrected chi connectivity index (χ2v) is 11.7. The van der Waals surface area contributed by atoms with Gasteiger partial charge >= 0.3 is 5.97 Å². The molecule has 3 aliphatic rings. The number of nitrogens with one attached hydrogen (secondary N) is 1. The lowest BCUT2D eigenvalue weighted by Gasteiger charge is -2.59. The number of hydrogen-bond acceptors (Lipinski definition) is 9. The fraction of sp³-hybridized carbons (Fsp3) is 0.406. The van der Waals surface area contributed by atoms with Gasteiger partial charge in [0.05, 0.1) is 41.6 Å². The molecule has 0 radical (unpaired) electrons. The summed E-state index contributed by atoms with van der Waals surface area (Å²) in [5, 5.41) is 21.4. The van der Waals surface area contributed by atoms with Crippen LogP contribution in [0.1, 0.15) is 42.2 Å². The number of carboxylic acids is 1. The van der Waals surface area contributed by atoms with Gasteiger partial charge in [-0.05, 0) is 62.2 Å². The molecular formula is C32H33FN6O5. The number of halogens is 1. The smallest absolute Gasteiger partial charge is 0.304 e. The van der Waals surface area contributed by atoms with E-state index < -0.39 is 11.8 Å². The van der Waals surface area contributed by atoms with E-state index in [1.165, 1.54) is 12.1 Å². The minimum atomic E-state index is -0.850. The van der Waals surface area contributed by atoms with Gasteiger partial charge in [0.2, 0.25) is 5.88 Å². The van der Waals surface area contributed by atoms with E-state index in [4.69, 9.17) is 19.6 Å². The van der Waals surface area contributed by atoms with Crippen LogP contribution < -0.4 is 19.7 Å². The van der Waals surface area contributed by atoms with Gasteiger partial charge in [-0.25, -0.2) is 14.4 Å². The molecule has 0 atom stereocenters. The van der Waals surface area contributed by atoms with Crippen LogP contribution in [-0.4, -0.2) is 83.3 Å². The van der Waals surface area contributed by atoms with Gasteiger partial charge in [-0.2, -0.15) is 5.26 Å². The number of nitrogens with zero attached hydrogens (tertiary/aromatic N) is 5. The minimum absolute atomic E-state index is 0.0506. The van der Waals surface area contributed by atoms with Crippen molar-refractivity contribution in [1.82, 2.24) is 20.2 Å². The maximum absolute atomic E-state index is 13.6. The SMILES string of the molecule is CCOc1ncccc1-c1ccc(OC2CC3(C2)CN(c2ccc(F)cc2C#N)C3)c(C(=O)NC2CN(CCC(=O)O)C2)n1. The molecular weight excluding hydrogens is 567 g/mol. The Morgan fingerprint density at radius 3 is 2.73 bits per heavy atom. The van der Waals surface area contributed by atoms with Gasteiger partial charge in [-0.1, -0.05) is 0 Å². The van der Waals surface area contributed by atoms with Gasteiger partial charge in [0.1, 0.15) is 18.0 Å². The van der Waals surface area contributed by atoms with Crippen molar-refractivity contribution in [2.24, 2.45) is 5.41 Å². The van der Waals surface area contributed by atoms with Crippen molar-refractivity contribution in [2.45, 2.75) is 38.3 Å². The Balaban J connectivity index is 1.14. The molecule has 0 bridgehead atoms. The number of aromatic nitrogens is 2. The molecule has 3 fully saturated rings. The molecule has 1 amide bonds.